The summed E-state index contributed by atoms with van der Waals surface area (Å²) in [6.07, 6.45) is 2.37. The molecule has 1 N–H and O–H groups in total. The highest BCUT2D eigenvalue weighted by Crippen LogP contribution is 2.18. The molecule has 1 aliphatic rings. The molecule has 5 heteroatoms. The maximum atomic E-state index is 12.2. The largest absolute Gasteiger partial charge is 0.354 e. The number of amides is 1. The number of pyridine rings is 1. The van der Waals surface area contributed by atoms with Crippen molar-refractivity contribution in [2.45, 2.75) is 25.8 Å². The van der Waals surface area contributed by atoms with Crippen molar-refractivity contribution in [1.82, 2.24) is 15.2 Å². The van der Waals surface area contributed by atoms with Crippen LogP contribution in [-0.2, 0) is 11.3 Å². The molecule has 2 heterocycles. The molecule has 1 aliphatic heterocycles. The second-order valence-electron chi connectivity index (χ2n) is 7.11. The number of nitrogens with zero attached hydrogens (tertiary/aromatic N) is 3. The number of hydrogen-bond donors (Lipinski definition) is 1. The van der Waals surface area contributed by atoms with E-state index < -0.39 is 0 Å². The summed E-state index contributed by atoms with van der Waals surface area (Å²) >= 11 is 0. The van der Waals surface area contributed by atoms with E-state index in [0.29, 0.717) is 13.0 Å². The Morgan fingerprint density at radius 2 is 1.85 bits per heavy atom. The van der Waals surface area contributed by atoms with Crippen LogP contribution in [0, 0.1) is 0 Å². The molecule has 2 aromatic rings. The van der Waals surface area contributed by atoms with Gasteiger partial charge >= 0.3 is 0 Å². The number of hydrogen-bond acceptors (Lipinski definition) is 4. The van der Waals surface area contributed by atoms with Gasteiger partial charge in [0.05, 0.1) is 0 Å². The number of piperazine rings is 1. The number of anilines is 1. The molecule has 1 fully saturated rings. The Kier molecular flexibility index (Phi) is 6.23. The zero-order valence-electron chi connectivity index (χ0n) is 15.7. The number of rotatable bonds is 6. The van der Waals surface area contributed by atoms with E-state index in [2.05, 4.69) is 58.3 Å². The number of aromatic nitrogens is 1. The lowest BCUT2D eigenvalue weighted by atomic mass is 9.97. The molecular formula is C21H28N4O. The summed E-state index contributed by atoms with van der Waals surface area (Å²) in [6.45, 7) is 6.77. The fourth-order valence-corrected chi connectivity index (χ4v) is 3.19. The van der Waals surface area contributed by atoms with E-state index in [1.54, 1.807) is 0 Å². The Hall–Kier alpha value is -2.40. The van der Waals surface area contributed by atoms with Crippen molar-refractivity contribution in [3.63, 3.8) is 0 Å². The van der Waals surface area contributed by atoms with E-state index in [-0.39, 0.29) is 11.8 Å². The molecule has 1 amide bonds. The van der Waals surface area contributed by atoms with E-state index in [1.807, 2.05) is 24.4 Å². The lowest BCUT2D eigenvalue weighted by Gasteiger charge is -2.33. The Balaban J connectivity index is 1.46. The maximum Gasteiger partial charge on any atom is 0.220 e. The summed E-state index contributed by atoms with van der Waals surface area (Å²) in [6, 6.07) is 14.3. The van der Waals surface area contributed by atoms with Crippen LogP contribution in [0.4, 0.5) is 5.82 Å². The van der Waals surface area contributed by atoms with Crippen molar-refractivity contribution >= 4 is 11.7 Å². The van der Waals surface area contributed by atoms with Gasteiger partial charge in [0.1, 0.15) is 5.82 Å². The van der Waals surface area contributed by atoms with Crippen LogP contribution >= 0.6 is 0 Å². The van der Waals surface area contributed by atoms with Gasteiger partial charge in [-0.2, -0.15) is 0 Å². The van der Waals surface area contributed by atoms with Gasteiger partial charge in [0.25, 0.3) is 0 Å². The van der Waals surface area contributed by atoms with Gasteiger partial charge in [-0.15, -0.1) is 0 Å². The van der Waals surface area contributed by atoms with Crippen LogP contribution in [0.2, 0.25) is 0 Å². The highest BCUT2D eigenvalue weighted by molar-refractivity contribution is 5.76. The van der Waals surface area contributed by atoms with Crippen molar-refractivity contribution < 1.29 is 4.79 Å². The molecule has 1 unspecified atom stereocenters. The lowest BCUT2D eigenvalue weighted by molar-refractivity contribution is -0.121. The van der Waals surface area contributed by atoms with Gasteiger partial charge in [0.2, 0.25) is 5.91 Å². The Morgan fingerprint density at radius 3 is 2.50 bits per heavy atom. The first-order valence-electron chi connectivity index (χ1n) is 9.32. The van der Waals surface area contributed by atoms with E-state index in [4.69, 9.17) is 0 Å². The lowest BCUT2D eigenvalue weighted by Crippen LogP contribution is -2.44. The molecule has 3 rings (SSSR count). The van der Waals surface area contributed by atoms with Crippen molar-refractivity contribution in [1.29, 1.82) is 0 Å². The number of carbonyl (C=O) groups excluding carboxylic acids is 1. The van der Waals surface area contributed by atoms with E-state index >= 15 is 0 Å². The SMILES string of the molecule is CC(CC(=O)NCc1ccc(N2CCN(C)CC2)nc1)c1ccccc1. The molecule has 0 aliphatic carbocycles. The number of nitrogens with one attached hydrogen (secondary N) is 1. The van der Waals surface area contributed by atoms with Crippen LogP contribution in [0.1, 0.15) is 30.4 Å². The molecule has 138 valence electrons. The minimum absolute atomic E-state index is 0.0736. The zero-order chi connectivity index (χ0) is 18.4. The second-order valence-corrected chi connectivity index (χ2v) is 7.11. The number of carbonyl (C=O) groups is 1. The van der Waals surface area contributed by atoms with Crippen LogP contribution in [-0.4, -0.2) is 49.0 Å². The quantitative estimate of drug-likeness (QED) is 0.868. The topological polar surface area (TPSA) is 48.5 Å². The molecule has 1 atom stereocenters. The fraction of sp³-hybridized carbons (Fsp3) is 0.429. The first-order valence-corrected chi connectivity index (χ1v) is 9.32. The first-order chi connectivity index (χ1) is 12.6. The zero-order valence-corrected chi connectivity index (χ0v) is 15.7. The van der Waals surface area contributed by atoms with E-state index in [9.17, 15) is 4.79 Å². The predicted molar refractivity (Wildman–Crippen MR) is 105 cm³/mol. The summed E-state index contributed by atoms with van der Waals surface area (Å²) in [4.78, 5) is 21.4. The van der Waals surface area contributed by atoms with Gasteiger partial charge in [-0.3, -0.25) is 4.79 Å². The molecule has 1 saturated heterocycles. The van der Waals surface area contributed by atoms with E-state index in [1.165, 1.54) is 5.56 Å². The summed E-state index contributed by atoms with van der Waals surface area (Å²) in [5.41, 5.74) is 2.23. The van der Waals surface area contributed by atoms with Crippen molar-refractivity contribution in [2.24, 2.45) is 0 Å². The standard InChI is InChI=1S/C21H28N4O/c1-17(19-6-4-3-5-7-19)14-21(26)23-16-18-8-9-20(22-15-18)25-12-10-24(2)11-13-25/h3-9,15,17H,10-14,16H2,1-2H3,(H,23,26). The van der Waals surface area contributed by atoms with Gasteiger partial charge in [0.15, 0.2) is 0 Å². The number of likely N-dealkylation sites (N-methyl/N-ethyl adjacent to an activating group) is 1. The summed E-state index contributed by atoms with van der Waals surface area (Å²) in [7, 11) is 2.15. The van der Waals surface area contributed by atoms with Gasteiger partial charge in [-0.25, -0.2) is 4.98 Å². The third kappa shape index (κ3) is 5.05. The average molecular weight is 352 g/mol. The third-order valence-electron chi connectivity index (χ3n) is 4.99. The van der Waals surface area contributed by atoms with Crippen LogP contribution in [0.15, 0.2) is 48.7 Å². The molecule has 1 aromatic heterocycles. The monoisotopic (exact) mass is 352 g/mol. The fourth-order valence-electron chi connectivity index (χ4n) is 3.19. The molecule has 0 saturated carbocycles. The molecule has 0 bridgehead atoms. The molecular weight excluding hydrogens is 324 g/mol. The molecule has 0 spiro atoms. The minimum atomic E-state index is 0.0736. The smallest absolute Gasteiger partial charge is 0.220 e. The van der Waals surface area contributed by atoms with Crippen LogP contribution in [0.3, 0.4) is 0 Å². The van der Waals surface area contributed by atoms with Crippen molar-refractivity contribution in [3.8, 4) is 0 Å². The second kappa shape index (κ2) is 8.81. The van der Waals surface area contributed by atoms with Crippen LogP contribution < -0.4 is 10.2 Å². The van der Waals surface area contributed by atoms with E-state index in [0.717, 1.165) is 37.6 Å². The summed E-state index contributed by atoms with van der Waals surface area (Å²) < 4.78 is 0. The van der Waals surface area contributed by atoms with Gasteiger partial charge in [0, 0.05) is 45.3 Å². The van der Waals surface area contributed by atoms with Crippen LogP contribution in [0.5, 0.6) is 0 Å². The predicted octanol–water partition coefficient (Wildman–Crippen LogP) is 2.64. The normalized spacial score (nSPS) is 16.3. The Labute approximate surface area is 156 Å². The Bertz CT molecular complexity index is 694. The van der Waals surface area contributed by atoms with Crippen molar-refractivity contribution in [3.05, 3.63) is 59.8 Å². The van der Waals surface area contributed by atoms with Gasteiger partial charge in [-0.1, -0.05) is 43.3 Å². The first kappa shape index (κ1) is 18.4. The van der Waals surface area contributed by atoms with Crippen LogP contribution in [0.25, 0.3) is 0 Å². The minimum Gasteiger partial charge on any atom is -0.354 e. The highest BCUT2D eigenvalue weighted by Gasteiger charge is 2.15. The third-order valence-corrected chi connectivity index (χ3v) is 4.99. The molecule has 26 heavy (non-hydrogen) atoms. The number of benzene rings is 1. The summed E-state index contributed by atoms with van der Waals surface area (Å²) in [5, 5.41) is 3.01. The Morgan fingerprint density at radius 1 is 1.12 bits per heavy atom. The van der Waals surface area contributed by atoms with Crippen molar-refractivity contribution in [2.75, 3.05) is 38.1 Å². The maximum absolute atomic E-state index is 12.2. The van der Waals surface area contributed by atoms with Gasteiger partial charge in [-0.05, 0) is 30.2 Å². The highest BCUT2D eigenvalue weighted by atomic mass is 16.1. The average Bonchev–Trinajstić information content (AvgIpc) is 2.68. The molecule has 0 radical (unpaired) electrons. The molecule has 1 aromatic carbocycles. The molecule has 5 nitrogen and oxygen atoms in total. The van der Waals surface area contributed by atoms with Gasteiger partial charge < -0.3 is 15.1 Å². The summed E-state index contributed by atoms with van der Waals surface area (Å²) in [5.74, 6) is 1.31.